The van der Waals surface area contributed by atoms with E-state index in [0.29, 0.717) is 6.42 Å². The molecule has 0 saturated carbocycles. The molecule has 0 amide bonds. The van der Waals surface area contributed by atoms with Crippen molar-refractivity contribution in [1.82, 2.24) is 15.1 Å². The van der Waals surface area contributed by atoms with Crippen molar-refractivity contribution in [3.05, 3.63) is 78.1 Å². The summed E-state index contributed by atoms with van der Waals surface area (Å²) in [7, 11) is 0. The van der Waals surface area contributed by atoms with Crippen LogP contribution < -0.4 is 5.32 Å². The average Bonchev–Trinajstić information content (AvgIpc) is 3.17. The van der Waals surface area contributed by atoms with Crippen LogP contribution in [-0.4, -0.2) is 26.5 Å². The molecule has 150 valence electrons. The minimum Gasteiger partial charge on any atom is -0.442 e. The molecular weight excluding hydrogens is 382 g/mol. The smallest absolute Gasteiger partial charge is 0.435 e. The Hall–Kier alpha value is -2.99. The topological polar surface area (TPSA) is 56.1 Å². The van der Waals surface area contributed by atoms with E-state index < -0.39 is 11.7 Å². The number of nitrogens with one attached hydrogen (secondary N) is 1. The highest BCUT2D eigenvalue weighted by atomic mass is 32.1. The Labute approximate surface area is 176 Å². The van der Waals surface area contributed by atoms with E-state index in [2.05, 4.69) is 22.5 Å². The van der Waals surface area contributed by atoms with Gasteiger partial charge in [0.1, 0.15) is 5.60 Å². The van der Waals surface area contributed by atoms with Crippen molar-refractivity contribution in [2.45, 2.75) is 39.3 Å². The number of carbonyl (C=O) groups is 1. The van der Waals surface area contributed by atoms with E-state index in [4.69, 9.17) is 17.0 Å². The summed E-state index contributed by atoms with van der Waals surface area (Å²) in [6, 6.07) is 18.3. The summed E-state index contributed by atoms with van der Waals surface area (Å²) in [4.78, 5) is 12.9. The number of rotatable bonds is 5. The van der Waals surface area contributed by atoms with E-state index in [9.17, 15) is 4.79 Å². The lowest BCUT2D eigenvalue weighted by molar-refractivity contribution is 0.0514. The highest BCUT2D eigenvalue weighted by Crippen LogP contribution is 2.20. The Morgan fingerprint density at radius 1 is 1.03 bits per heavy atom. The zero-order valence-electron chi connectivity index (χ0n) is 16.9. The van der Waals surface area contributed by atoms with Gasteiger partial charge in [0.15, 0.2) is 0 Å². The predicted molar refractivity (Wildman–Crippen MR) is 119 cm³/mol. The molecule has 0 bridgehead atoms. The Balaban J connectivity index is 1.57. The van der Waals surface area contributed by atoms with Gasteiger partial charge >= 0.3 is 6.09 Å². The minimum absolute atomic E-state index is 0.491. The fourth-order valence-electron chi connectivity index (χ4n) is 2.74. The maximum absolute atomic E-state index is 12.1. The van der Waals surface area contributed by atoms with Gasteiger partial charge in [0, 0.05) is 24.7 Å². The molecule has 0 saturated heterocycles. The van der Waals surface area contributed by atoms with E-state index in [0.717, 1.165) is 28.2 Å². The Bertz CT molecular complexity index is 973. The summed E-state index contributed by atoms with van der Waals surface area (Å²) in [6.07, 6.45) is 3.52. The van der Waals surface area contributed by atoms with Crippen LogP contribution in [0.15, 0.2) is 67.0 Å². The van der Waals surface area contributed by atoms with Gasteiger partial charge in [-0.25, -0.2) is 4.79 Å². The first-order valence-electron chi connectivity index (χ1n) is 9.48. The van der Waals surface area contributed by atoms with Crippen molar-refractivity contribution < 1.29 is 9.53 Å². The first-order valence-corrected chi connectivity index (χ1v) is 9.89. The van der Waals surface area contributed by atoms with Crippen LogP contribution in [-0.2, 0) is 17.7 Å². The first kappa shape index (κ1) is 20.7. The summed E-state index contributed by atoms with van der Waals surface area (Å²) < 4.78 is 6.55. The fraction of sp³-hybridized carbons (Fsp3) is 0.261. The third-order valence-corrected chi connectivity index (χ3v) is 4.44. The molecule has 3 aromatic rings. The molecule has 6 heteroatoms. The van der Waals surface area contributed by atoms with Gasteiger partial charge in [0.25, 0.3) is 0 Å². The monoisotopic (exact) mass is 407 g/mol. The molecule has 5 nitrogen and oxygen atoms in total. The SMILES string of the molecule is CC(C)(C)OC(=O)n1cc(-c2ccc(CC(=S)NCc3ccccc3)cc2)cn1. The second kappa shape index (κ2) is 9.01. The Morgan fingerprint density at radius 3 is 2.38 bits per heavy atom. The van der Waals surface area contributed by atoms with Crippen LogP contribution in [0.3, 0.4) is 0 Å². The standard InChI is InChI=1S/C23H25N3O2S/c1-23(2,3)28-22(27)26-16-20(15-25-26)19-11-9-17(10-12-19)13-21(29)24-14-18-7-5-4-6-8-18/h4-12,15-16H,13-14H2,1-3H3,(H,24,29). The van der Waals surface area contributed by atoms with Crippen molar-refractivity contribution in [2.75, 3.05) is 0 Å². The number of aromatic nitrogens is 2. The zero-order valence-corrected chi connectivity index (χ0v) is 17.7. The van der Waals surface area contributed by atoms with Crippen molar-refractivity contribution in [3.63, 3.8) is 0 Å². The summed E-state index contributed by atoms with van der Waals surface area (Å²) >= 11 is 5.46. The van der Waals surface area contributed by atoms with Crippen LogP contribution in [0.2, 0.25) is 0 Å². The Kier molecular flexibility index (Phi) is 6.44. The molecule has 0 unspecified atom stereocenters. The van der Waals surface area contributed by atoms with Gasteiger partial charge in [-0.05, 0) is 37.5 Å². The maximum Gasteiger partial charge on any atom is 0.435 e. The van der Waals surface area contributed by atoms with Crippen LogP contribution in [0.1, 0.15) is 31.9 Å². The molecule has 0 radical (unpaired) electrons. The molecule has 3 rings (SSSR count). The molecular formula is C23H25N3O2S. The summed E-state index contributed by atoms with van der Waals surface area (Å²) in [6.45, 7) is 6.20. The molecule has 2 aromatic carbocycles. The molecule has 0 aliphatic carbocycles. The van der Waals surface area contributed by atoms with Gasteiger partial charge in [-0.1, -0.05) is 66.8 Å². The maximum atomic E-state index is 12.1. The second-order valence-corrected chi connectivity index (χ2v) is 8.28. The first-order chi connectivity index (χ1) is 13.8. The van der Waals surface area contributed by atoms with Crippen molar-refractivity contribution in [3.8, 4) is 11.1 Å². The van der Waals surface area contributed by atoms with Gasteiger partial charge in [0.05, 0.1) is 11.2 Å². The molecule has 0 fully saturated rings. The van der Waals surface area contributed by atoms with Crippen molar-refractivity contribution in [2.24, 2.45) is 0 Å². The lowest BCUT2D eigenvalue weighted by Gasteiger charge is -2.18. The molecule has 1 heterocycles. The van der Waals surface area contributed by atoms with E-state index in [-0.39, 0.29) is 0 Å². The zero-order chi connectivity index (χ0) is 20.9. The van der Waals surface area contributed by atoms with E-state index in [1.165, 1.54) is 10.2 Å². The van der Waals surface area contributed by atoms with E-state index in [1.807, 2.05) is 63.2 Å². The third-order valence-electron chi connectivity index (χ3n) is 4.15. The highest BCUT2D eigenvalue weighted by Gasteiger charge is 2.18. The highest BCUT2D eigenvalue weighted by molar-refractivity contribution is 7.80. The van der Waals surface area contributed by atoms with Gasteiger partial charge in [-0.3, -0.25) is 0 Å². The summed E-state index contributed by atoms with van der Waals surface area (Å²) in [5, 5.41) is 7.41. The average molecular weight is 408 g/mol. The van der Waals surface area contributed by atoms with Crippen LogP contribution >= 0.6 is 12.2 Å². The molecule has 29 heavy (non-hydrogen) atoms. The molecule has 1 N–H and O–H groups in total. The minimum atomic E-state index is -0.558. The fourth-order valence-corrected chi connectivity index (χ4v) is 2.98. The number of thiocarbonyl (C=S) groups is 1. The molecule has 1 aromatic heterocycles. The molecule has 0 aliphatic heterocycles. The number of ether oxygens (including phenoxy) is 1. The van der Waals surface area contributed by atoms with Gasteiger partial charge in [-0.15, -0.1) is 0 Å². The summed E-state index contributed by atoms with van der Waals surface area (Å²) in [5.74, 6) is 0. The number of hydrogen-bond donors (Lipinski definition) is 1. The molecule has 0 atom stereocenters. The normalized spacial score (nSPS) is 11.1. The largest absolute Gasteiger partial charge is 0.442 e. The number of carbonyl (C=O) groups excluding carboxylic acids is 1. The van der Waals surface area contributed by atoms with Gasteiger partial charge in [0.2, 0.25) is 0 Å². The molecule has 0 aliphatic rings. The predicted octanol–water partition coefficient (Wildman–Crippen LogP) is 4.99. The number of hydrogen-bond acceptors (Lipinski definition) is 4. The van der Waals surface area contributed by atoms with Crippen LogP contribution in [0.4, 0.5) is 4.79 Å². The number of benzene rings is 2. The van der Waals surface area contributed by atoms with Gasteiger partial charge < -0.3 is 10.1 Å². The number of nitrogens with zero attached hydrogens (tertiary/aromatic N) is 2. The lowest BCUT2D eigenvalue weighted by Crippen LogP contribution is -2.27. The van der Waals surface area contributed by atoms with E-state index >= 15 is 0 Å². The van der Waals surface area contributed by atoms with Crippen LogP contribution in [0.25, 0.3) is 11.1 Å². The van der Waals surface area contributed by atoms with Crippen LogP contribution in [0.5, 0.6) is 0 Å². The van der Waals surface area contributed by atoms with Crippen LogP contribution in [0, 0.1) is 0 Å². The Morgan fingerprint density at radius 2 is 1.72 bits per heavy atom. The summed E-state index contributed by atoms with van der Waals surface area (Å²) in [5.41, 5.74) is 3.60. The van der Waals surface area contributed by atoms with E-state index in [1.54, 1.807) is 12.4 Å². The lowest BCUT2D eigenvalue weighted by atomic mass is 10.1. The third kappa shape index (κ3) is 6.26. The quantitative estimate of drug-likeness (QED) is 0.604. The second-order valence-electron chi connectivity index (χ2n) is 7.79. The van der Waals surface area contributed by atoms with Crippen molar-refractivity contribution >= 4 is 23.3 Å². The molecule has 0 spiro atoms. The van der Waals surface area contributed by atoms with Crippen molar-refractivity contribution in [1.29, 1.82) is 0 Å². The van der Waals surface area contributed by atoms with Gasteiger partial charge in [-0.2, -0.15) is 9.78 Å².